The quantitative estimate of drug-likeness (QED) is 0.920. The third-order valence-electron chi connectivity index (χ3n) is 4.96. The summed E-state index contributed by atoms with van der Waals surface area (Å²) in [6.07, 6.45) is 1.50. The van der Waals surface area contributed by atoms with Gasteiger partial charge in [0, 0.05) is 19.1 Å². The van der Waals surface area contributed by atoms with Crippen molar-refractivity contribution in [2.24, 2.45) is 11.7 Å². The Morgan fingerprint density at radius 3 is 2.42 bits per heavy atom. The topological polar surface area (TPSA) is 55.6 Å². The molecule has 0 saturated carbocycles. The summed E-state index contributed by atoms with van der Waals surface area (Å²) in [6.45, 7) is 12.0. The fourth-order valence-corrected chi connectivity index (χ4v) is 3.19. The van der Waals surface area contributed by atoms with E-state index in [2.05, 4.69) is 33.8 Å². The van der Waals surface area contributed by atoms with Gasteiger partial charge in [0.1, 0.15) is 5.75 Å². The van der Waals surface area contributed by atoms with Crippen molar-refractivity contribution in [2.75, 3.05) is 13.1 Å². The molecule has 134 valence electrons. The smallest absolute Gasteiger partial charge is 0.263 e. The molecule has 1 aromatic carbocycles. The van der Waals surface area contributed by atoms with E-state index in [0.717, 1.165) is 31.7 Å². The van der Waals surface area contributed by atoms with Gasteiger partial charge in [-0.2, -0.15) is 0 Å². The first-order valence-electron chi connectivity index (χ1n) is 9.00. The minimum Gasteiger partial charge on any atom is -0.481 e. The first-order chi connectivity index (χ1) is 11.2. The average molecular weight is 332 g/mol. The molecule has 0 spiro atoms. The maximum atomic E-state index is 12.6. The molecule has 4 nitrogen and oxygen atoms in total. The van der Waals surface area contributed by atoms with Crippen LogP contribution in [0.3, 0.4) is 0 Å². The number of ether oxygens (including phenoxy) is 1. The highest BCUT2D eigenvalue weighted by Crippen LogP contribution is 2.26. The second-order valence-corrected chi connectivity index (χ2v) is 8.06. The maximum Gasteiger partial charge on any atom is 0.263 e. The van der Waals surface area contributed by atoms with E-state index in [-0.39, 0.29) is 17.4 Å². The predicted octanol–water partition coefficient (Wildman–Crippen LogP) is 3.34. The van der Waals surface area contributed by atoms with E-state index >= 15 is 0 Å². The summed E-state index contributed by atoms with van der Waals surface area (Å²) in [4.78, 5) is 14.5. The molecule has 1 aromatic rings. The van der Waals surface area contributed by atoms with Crippen molar-refractivity contribution in [1.29, 1.82) is 0 Å². The fourth-order valence-electron chi connectivity index (χ4n) is 3.19. The second kappa shape index (κ2) is 7.56. The van der Waals surface area contributed by atoms with Gasteiger partial charge in [0.15, 0.2) is 6.10 Å². The van der Waals surface area contributed by atoms with Gasteiger partial charge in [0.05, 0.1) is 0 Å². The van der Waals surface area contributed by atoms with Crippen LogP contribution in [-0.4, -0.2) is 36.0 Å². The molecule has 0 radical (unpaired) electrons. The molecule has 24 heavy (non-hydrogen) atoms. The number of hydrogen-bond acceptors (Lipinski definition) is 3. The summed E-state index contributed by atoms with van der Waals surface area (Å²) in [5.41, 5.74) is 7.24. The number of benzene rings is 1. The number of nitrogens with two attached hydrogens (primary N) is 1. The molecule has 1 saturated heterocycles. The molecule has 0 aliphatic carbocycles. The van der Waals surface area contributed by atoms with Gasteiger partial charge < -0.3 is 15.4 Å². The third-order valence-corrected chi connectivity index (χ3v) is 4.96. The van der Waals surface area contributed by atoms with Gasteiger partial charge in [-0.25, -0.2) is 0 Å². The lowest BCUT2D eigenvalue weighted by molar-refractivity contribution is -0.139. The number of amides is 1. The minimum absolute atomic E-state index is 0.0629. The van der Waals surface area contributed by atoms with Gasteiger partial charge in [-0.05, 0) is 55.7 Å². The summed E-state index contributed by atoms with van der Waals surface area (Å²) in [7, 11) is 0. The van der Waals surface area contributed by atoms with Crippen LogP contribution in [0.2, 0.25) is 0 Å². The molecular weight excluding hydrogens is 300 g/mol. The molecule has 2 N–H and O–H groups in total. The molecule has 1 heterocycles. The Hall–Kier alpha value is -1.55. The largest absolute Gasteiger partial charge is 0.481 e. The molecule has 0 bridgehead atoms. The van der Waals surface area contributed by atoms with Crippen LogP contribution in [0.25, 0.3) is 0 Å². The van der Waals surface area contributed by atoms with E-state index in [0.29, 0.717) is 5.92 Å². The van der Waals surface area contributed by atoms with Crippen LogP contribution in [0.5, 0.6) is 5.75 Å². The van der Waals surface area contributed by atoms with Crippen LogP contribution in [0.4, 0.5) is 0 Å². The Balaban J connectivity index is 1.95. The molecular formula is C20H32N2O2. The molecule has 1 fully saturated rings. The molecule has 2 unspecified atom stereocenters. The summed E-state index contributed by atoms with van der Waals surface area (Å²) in [6, 6.07) is 8.24. The predicted molar refractivity (Wildman–Crippen MR) is 98.2 cm³/mol. The van der Waals surface area contributed by atoms with Gasteiger partial charge in [0.2, 0.25) is 0 Å². The average Bonchev–Trinajstić information content (AvgIpc) is 2.53. The lowest BCUT2D eigenvalue weighted by atomic mass is 9.87. The summed E-state index contributed by atoms with van der Waals surface area (Å²) in [5.74, 6) is 1.35. The molecule has 1 aliphatic heterocycles. The first-order valence-corrected chi connectivity index (χ1v) is 9.00. The maximum absolute atomic E-state index is 12.6. The Morgan fingerprint density at radius 2 is 1.88 bits per heavy atom. The Morgan fingerprint density at radius 1 is 1.25 bits per heavy atom. The van der Waals surface area contributed by atoms with Gasteiger partial charge in [-0.15, -0.1) is 0 Å². The summed E-state index contributed by atoms with van der Waals surface area (Å²) >= 11 is 0. The lowest BCUT2D eigenvalue weighted by Gasteiger charge is -2.35. The zero-order chi connectivity index (χ0) is 17.9. The number of nitrogens with zero attached hydrogens (tertiary/aromatic N) is 1. The van der Waals surface area contributed by atoms with Gasteiger partial charge >= 0.3 is 0 Å². The minimum atomic E-state index is -0.466. The van der Waals surface area contributed by atoms with E-state index in [1.165, 1.54) is 5.56 Å². The fraction of sp³-hybridized carbons (Fsp3) is 0.650. The zero-order valence-electron chi connectivity index (χ0n) is 15.7. The lowest BCUT2D eigenvalue weighted by Crippen LogP contribution is -2.46. The molecule has 0 aromatic heterocycles. The molecule has 2 rings (SSSR count). The monoisotopic (exact) mass is 332 g/mol. The van der Waals surface area contributed by atoms with Gasteiger partial charge in [0.25, 0.3) is 5.91 Å². The molecule has 2 atom stereocenters. The van der Waals surface area contributed by atoms with Crippen LogP contribution in [0.1, 0.15) is 53.0 Å². The van der Waals surface area contributed by atoms with Crippen molar-refractivity contribution < 1.29 is 9.53 Å². The third kappa shape index (κ3) is 4.73. The van der Waals surface area contributed by atoms with Crippen molar-refractivity contribution in [3.63, 3.8) is 0 Å². The number of hydrogen-bond donors (Lipinski definition) is 1. The van der Waals surface area contributed by atoms with E-state index < -0.39 is 6.10 Å². The van der Waals surface area contributed by atoms with E-state index in [1.54, 1.807) is 0 Å². The Labute approximate surface area is 146 Å². The zero-order valence-corrected chi connectivity index (χ0v) is 15.7. The molecule has 1 amide bonds. The standard InChI is InChI=1S/C20H32N2O2/c1-14(21)16-9-11-22(12-10-16)19(23)15(2)24-18-8-6-7-17(13-18)20(3,4)5/h6-8,13-16H,9-12,21H2,1-5H3. The number of piperidine rings is 1. The van der Waals surface area contributed by atoms with Crippen molar-refractivity contribution in [1.82, 2.24) is 4.90 Å². The van der Waals surface area contributed by atoms with Crippen LogP contribution in [0.15, 0.2) is 24.3 Å². The first kappa shape index (κ1) is 18.8. The van der Waals surface area contributed by atoms with Crippen molar-refractivity contribution in [2.45, 2.75) is 65.0 Å². The SMILES string of the molecule is CC(Oc1cccc(C(C)(C)C)c1)C(=O)N1CCC(C(C)N)CC1. The van der Waals surface area contributed by atoms with E-state index in [1.807, 2.05) is 30.0 Å². The normalized spacial score (nSPS) is 19.0. The summed E-state index contributed by atoms with van der Waals surface area (Å²) in [5, 5.41) is 0. The van der Waals surface area contributed by atoms with Gasteiger partial charge in [-0.3, -0.25) is 4.79 Å². The summed E-state index contributed by atoms with van der Waals surface area (Å²) < 4.78 is 5.92. The van der Waals surface area contributed by atoms with Crippen LogP contribution in [0, 0.1) is 5.92 Å². The van der Waals surface area contributed by atoms with E-state index in [4.69, 9.17) is 10.5 Å². The van der Waals surface area contributed by atoms with Crippen molar-refractivity contribution >= 4 is 5.91 Å². The van der Waals surface area contributed by atoms with Crippen molar-refractivity contribution in [3.8, 4) is 5.75 Å². The number of rotatable bonds is 4. The van der Waals surface area contributed by atoms with Gasteiger partial charge in [-0.1, -0.05) is 32.9 Å². The second-order valence-electron chi connectivity index (χ2n) is 8.06. The van der Waals surface area contributed by atoms with Crippen LogP contribution >= 0.6 is 0 Å². The van der Waals surface area contributed by atoms with E-state index in [9.17, 15) is 4.79 Å². The van der Waals surface area contributed by atoms with Crippen LogP contribution in [-0.2, 0) is 10.2 Å². The number of likely N-dealkylation sites (tertiary alicyclic amines) is 1. The number of carbonyl (C=O) groups excluding carboxylic acids is 1. The highest BCUT2D eigenvalue weighted by molar-refractivity contribution is 5.81. The highest BCUT2D eigenvalue weighted by atomic mass is 16.5. The van der Waals surface area contributed by atoms with Crippen molar-refractivity contribution in [3.05, 3.63) is 29.8 Å². The highest BCUT2D eigenvalue weighted by Gasteiger charge is 2.28. The number of carbonyl (C=O) groups is 1. The van der Waals surface area contributed by atoms with Crippen LogP contribution < -0.4 is 10.5 Å². The molecule has 4 heteroatoms. The molecule has 1 aliphatic rings. The Bertz CT molecular complexity index is 555. The Kier molecular flexibility index (Phi) is 5.92.